The molecule has 19 heavy (non-hydrogen) atoms. The van der Waals surface area contributed by atoms with E-state index in [1.807, 2.05) is 13.0 Å². The normalized spacial score (nSPS) is 10.7. The minimum absolute atomic E-state index is 0.139. The zero-order valence-electron chi connectivity index (χ0n) is 11.8. The molecule has 2 rings (SSSR count). The summed E-state index contributed by atoms with van der Waals surface area (Å²) in [6.45, 7) is 6.97. The van der Waals surface area contributed by atoms with Gasteiger partial charge in [0, 0.05) is 19.2 Å². The van der Waals surface area contributed by atoms with E-state index in [1.165, 1.54) is 11.1 Å². The van der Waals surface area contributed by atoms with E-state index in [1.54, 1.807) is 10.9 Å². The van der Waals surface area contributed by atoms with Crippen molar-refractivity contribution in [1.29, 1.82) is 0 Å². The number of aryl methyl sites for hydroxylation is 3. The van der Waals surface area contributed by atoms with Gasteiger partial charge in [-0.1, -0.05) is 30.7 Å². The van der Waals surface area contributed by atoms with E-state index < -0.39 is 0 Å². The average Bonchev–Trinajstić information content (AvgIpc) is 2.82. The van der Waals surface area contributed by atoms with Gasteiger partial charge in [0.2, 0.25) is 0 Å². The molecule has 0 amide bonds. The summed E-state index contributed by atoms with van der Waals surface area (Å²) < 4.78 is 1.80. The molecule has 100 valence electrons. The van der Waals surface area contributed by atoms with Gasteiger partial charge in [0.15, 0.2) is 5.78 Å². The van der Waals surface area contributed by atoms with E-state index in [-0.39, 0.29) is 5.78 Å². The number of carbonyl (C=O) groups is 1. The van der Waals surface area contributed by atoms with Crippen LogP contribution in [0.25, 0.3) is 0 Å². The number of Topliss-reactive ketones (excluding diaryl/α,β-unsaturated/α-hetero) is 1. The summed E-state index contributed by atoms with van der Waals surface area (Å²) in [4.78, 5) is 12.4. The number of nitrogens with zero attached hydrogens (tertiary/aromatic N) is 2. The maximum absolute atomic E-state index is 12.4. The molecule has 0 spiro atoms. The number of ketones is 1. The molecule has 0 N–H and O–H groups in total. The predicted molar refractivity (Wildman–Crippen MR) is 76.5 cm³/mol. The number of benzene rings is 1. The third kappa shape index (κ3) is 3.11. The van der Waals surface area contributed by atoms with Crippen molar-refractivity contribution >= 4 is 5.78 Å². The minimum atomic E-state index is 0.139. The highest BCUT2D eigenvalue weighted by Crippen LogP contribution is 2.14. The lowest BCUT2D eigenvalue weighted by atomic mass is 10.00. The van der Waals surface area contributed by atoms with Crippen LogP contribution in [0.1, 0.15) is 40.5 Å². The highest BCUT2D eigenvalue weighted by Gasteiger charge is 2.13. The van der Waals surface area contributed by atoms with Crippen molar-refractivity contribution in [2.45, 2.75) is 40.2 Å². The summed E-state index contributed by atoms with van der Waals surface area (Å²) in [5, 5.41) is 4.20. The standard InChI is InChI=1S/C16H20N2O/c1-4-9-18-15(7-8-17-18)16(19)11-14-10-12(2)5-6-13(14)3/h5-8,10H,4,9,11H2,1-3H3. The SMILES string of the molecule is CCCn1nccc1C(=O)Cc1cc(C)ccc1C. The van der Waals surface area contributed by atoms with Gasteiger partial charge in [-0.15, -0.1) is 0 Å². The van der Waals surface area contributed by atoms with Crippen molar-refractivity contribution < 1.29 is 4.79 Å². The number of aromatic nitrogens is 2. The van der Waals surface area contributed by atoms with Crippen LogP contribution in [0.5, 0.6) is 0 Å². The van der Waals surface area contributed by atoms with Gasteiger partial charge >= 0.3 is 0 Å². The molecule has 0 aliphatic heterocycles. The lowest BCUT2D eigenvalue weighted by Crippen LogP contribution is -2.13. The molecule has 2 aromatic rings. The first-order valence-corrected chi connectivity index (χ1v) is 6.73. The maximum atomic E-state index is 12.4. The molecule has 0 saturated carbocycles. The van der Waals surface area contributed by atoms with Gasteiger partial charge in [-0.2, -0.15) is 5.10 Å². The fraction of sp³-hybridized carbons (Fsp3) is 0.375. The van der Waals surface area contributed by atoms with Crippen LogP contribution < -0.4 is 0 Å². The molecular formula is C16H20N2O. The lowest BCUT2D eigenvalue weighted by Gasteiger charge is -2.08. The van der Waals surface area contributed by atoms with Crippen molar-refractivity contribution in [1.82, 2.24) is 9.78 Å². The molecule has 1 aromatic heterocycles. The molecule has 3 heteroatoms. The largest absolute Gasteiger partial charge is 0.292 e. The quantitative estimate of drug-likeness (QED) is 0.769. The molecule has 0 atom stereocenters. The monoisotopic (exact) mass is 256 g/mol. The Morgan fingerprint density at radius 2 is 2.05 bits per heavy atom. The zero-order valence-corrected chi connectivity index (χ0v) is 11.8. The van der Waals surface area contributed by atoms with Gasteiger partial charge < -0.3 is 0 Å². The van der Waals surface area contributed by atoms with Gasteiger partial charge in [0.1, 0.15) is 5.69 Å². The zero-order chi connectivity index (χ0) is 13.8. The Labute approximate surface area is 114 Å². The highest BCUT2D eigenvalue weighted by atomic mass is 16.1. The molecule has 0 unspecified atom stereocenters. The Hall–Kier alpha value is -1.90. The number of hydrogen-bond donors (Lipinski definition) is 0. The van der Waals surface area contributed by atoms with E-state index in [2.05, 4.69) is 37.1 Å². The van der Waals surface area contributed by atoms with E-state index >= 15 is 0 Å². The smallest absolute Gasteiger partial charge is 0.185 e. The number of hydrogen-bond acceptors (Lipinski definition) is 2. The highest BCUT2D eigenvalue weighted by molar-refractivity contribution is 5.96. The Balaban J connectivity index is 2.21. The first kappa shape index (κ1) is 13.5. The van der Waals surface area contributed by atoms with E-state index in [0.29, 0.717) is 12.1 Å². The summed E-state index contributed by atoms with van der Waals surface area (Å²) in [5.74, 6) is 0.139. The Morgan fingerprint density at radius 3 is 2.79 bits per heavy atom. The van der Waals surface area contributed by atoms with E-state index in [4.69, 9.17) is 0 Å². The summed E-state index contributed by atoms with van der Waals surface area (Å²) in [7, 11) is 0. The average molecular weight is 256 g/mol. The molecule has 0 aliphatic carbocycles. The third-order valence-electron chi connectivity index (χ3n) is 3.29. The van der Waals surface area contributed by atoms with Gasteiger partial charge in [0.05, 0.1) is 0 Å². The Kier molecular flexibility index (Phi) is 4.15. The minimum Gasteiger partial charge on any atom is -0.292 e. The second kappa shape index (κ2) is 5.83. The molecule has 3 nitrogen and oxygen atoms in total. The molecule has 0 bridgehead atoms. The second-order valence-electron chi connectivity index (χ2n) is 4.97. The van der Waals surface area contributed by atoms with Crippen LogP contribution in [0.3, 0.4) is 0 Å². The van der Waals surface area contributed by atoms with Crippen molar-refractivity contribution in [2.24, 2.45) is 0 Å². The Bertz CT molecular complexity index is 584. The maximum Gasteiger partial charge on any atom is 0.185 e. The summed E-state index contributed by atoms with van der Waals surface area (Å²) in [5.41, 5.74) is 4.17. The molecule has 0 fully saturated rings. The van der Waals surface area contributed by atoms with E-state index in [9.17, 15) is 4.79 Å². The van der Waals surface area contributed by atoms with Crippen LogP contribution in [0.2, 0.25) is 0 Å². The fourth-order valence-corrected chi connectivity index (χ4v) is 2.21. The topological polar surface area (TPSA) is 34.9 Å². The van der Waals surface area contributed by atoms with Crippen molar-refractivity contribution in [3.05, 3.63) is 52.8 Å². The van der Waals surface area contributed by atoms with Gasteiger partial charge in [-0.3, -0.25) is 9.48 Å². The molecule has 0 aliphatic rings. The molecule has 0 saturated heterocycles. The first-order valence-electron chi connectivity index (χ1n) is 6.73. The lowest BCUT2D eigenvalue weighted by molar-refractivity contribution is 0.0982. The van der Waals surface area contributed by atoms with Crippen molar-refractivity contribution in [2.75, 3.05) is 0 Å². The molecule has 0 radical (unpaired) electrons. The van der Waals surface area contributed by atoms with Crippen LogP contribution in [-0.4, -0.2) is 15.6 Å². The second-order valence-corrected chi connectivity index (χ2v) is 4.97. The van der Waals surface area contributed by atoms with Crippen LogP contribution in [0.4, 0.5) is 0 Å². The van der Waals surface area contributed by atoms with E-state index in [0.717, 1.165) is 18.5 Å². The van der Waals surface area contributed by atoms with Crippen molar-refractivity contribution in [3.8, 4) is 0 Å². The van der Waals surface area contributed by atoms with Gasteiger partial charge in [-0.05, 0) is 37.5 Å². The molecule has 1 heterocycles. The van der Waals surface area contributed by atoms with Crippen LogP contribution >= 0.6 is 0 Å². The third-order valence-corrected chi connectivity index (χ3v) is 3.29. The van der Waals surface area contributed by atoms with Crippen LogP contribution in [0, 0.1) is 13.8 Å². The first-order chi connectivity index (χ1) is 9.11. The summed E-state index contributed by atoms with van der Waals surface area (Å²) >= 11 is 0. The van der Waals surface area contributed by atoms with Gasteiger partial charge in [0.25, 0.3) is 0 Å². The van der Waals surface area contributed by atoms with Crippen LogP contribution in [0.15, 0.2) is 30.5 Å². The molecular weight excluding hydrogens is 236 g/mol. The number of carbonyl (C=O) groups excluding carboxylic acids is 1. The van der Waals surface area contributed by atoms with Crippen LogP contribution in [-0.2, 0) is 13.0 Å². The molecule has 1 aromatic carbocycles. The Morgan fingerprint density at radius 1 is 1.26 bits per heavy atom. The number of rotatable bonds is 5. The van der Waals surface area contributed by atoms with Gasteiger partial charge in [-0.25, -0.2) is 0 Å². The fourth-order valence-electron chi connectivity index (χ4n) is 2.21. The predicted octanol–water partition coefficient (Wildman–Crippen LogP) is 3.34. The van der Waals surface area contributed by atoms with Crippen molar-refractivity contribution in [3.63, 3.8) is 0 Å². The summed E-state index contributed by atoms with van der Waals surface area (Å²) in [6, 6.07) is 8.04. The summed E-state index contributed by atoms with van der Waals surface area (Å²) in [6.07, 6.45) is 3.13.